The van der Waals surface area contributed by atoms with Gasteiger partial charge in [-0.15, -0.1) is 0 Å². The molecule has 0 aliphatic rings. The van der Waals surface area contributed by atoms with E-state index in [2.05, 4.69) is 98.9 Å². The SMILES string of the molecule is CC/C=C\C/C=C\C/C=C\C/C=C\C/C=C\C/C=C\CCCOCC(COP(=O)(O)OCCN)OC(=O)CCCCCCC/C=C\CCCCC. The van der Waals surface area contributed by atoms with Crippen molar-refractivity contribution in [3.05, 3.63) is 85.1 Å². The van der Waals surface area contributed by atoms with E-state index >= 15 is 0 Å². The summed E-state index contributed by atoms with van der Waals surface area (Å²) in [7, 11) is -4.29. The molecule has 0 saturated heterocycles. The van der Waals surface area contributed by atoms with E-state index < -0.39 is 13.9 Å². The average Bonchev–Trinajstić information content (AvgIpc) is 3.12. The van der Waals surface area contributed by atoms with E-state index in [4.69, 9.17) is 24.3 Å². The molecule has 0 aliphatic carbocycles. The number of rotatable bonds is 36. The van der Waals surface area contributed by atoms with E-state index in [1.54, 1.807) is 0 Å². The van der Waals surface area contributed by atoms with E-state index in [-0.39, 0.29) is 38.8 Å². The normalized spacial score (nSPS) is 14.5. The molecule has 3 N–H and O–H groups in total. The Labute approximate surface area is 311 Å². The van der Waals surface area contributed by atoms with Gasteiger partial charge in [0.2, 0.25) is 0 Å². The molecule has 8 nitrogen and oxygen atoms in total. The molecule has 51 heavy (non-hydrogen) atoms. The lowest BCUT2D eigenvalue weighted by Crippen LogP contribution is -2.28. The van der Waals surface area contributed by atoms with Crippen LogP contribution in [0.25, 0.3) is 0 Å². The first-order valence-corrected chi connectivity index (χ1v) is 21.1. The van der Waals surface area contributed by atoms with Gasteiger partial charge < -0.3 is 20.1 Å². The molecule has 9 heteroatoms. The Morgan fingerprint density at radius 2 is 1.10 bits per heavy atom. The van der Waals surface area contributed by atoms with Crippen LogP contribution in [0.4, 0.5) is 0 Å². The van der Waals surface area contributed by atoms with Gasteiger partial charge in [0.1, 0.15) is 6.10 Å². The quantitative estimate of drug-likeness (QED) is 0.0283. The molecule has 0 aliphatic heterocycles. The number of phosphoric ester groups is 1. The maximum absolute atomic E-state index is 12.5. The number of esters is 1. The van der Waals surface area contributed by atoms with Crippen molar-refractivity contribution in [3.63, 3.8) is 0 Å². The number of carbonyl (C=O) groups excluding carboxylic acids is 1. The molecule has 2 atom stereocenters. The number of nitrogens with two attached hydrogens (primary N) is 1. The van der Waals surface area contributed by atoms with Gasteiger partial charge in [-0.25, -0.2) is 4.57 Å². The van der Waals surface area contributed by atoms with Gasteiger partial charge in [-0.3, -0.25) is 13.8 Å². The molecule has 2 unspecified atom stereocenters. The average molecular weight is 734 g/mol. The van der Waals surface area contributed by atoms with E-state index in [0.29, 0.717) is 6.61 Å². The van der Waals surface area contributed by atoms with Crippen molar-refractivity contribution in [2.24, 2.45) is 5.73 Å². The van der Waals surface area contributed by atoms with Crippen LogP contribution in [-0.4, -0.2) is 49.9 Å². The van der Waals surface area contributed by atoms with E-state index in [9.17, 15) is 14.3 Å². The number of hydrogen-bond acceptors (Lipinski definition) is 7. The molecule has 0 aromatic rings. The maximum atomic E-state index is 12.5. The summed E-state index contributed by atoms with van der Waals surface area (Å²) in [6.07, 6.45) is 49.0. The second kappa shape index (κ2) is 38.9. The Bertz CT molecular complexity index is 1050. The van der Waals surface area contributed by atoms with Gasteiger partial charge in [-0.2, -0.15) is 0 Å². The maximum Gasteiger partial charge on any atom is 0.472 e. The number of ether oxygens (including phenoxy) is 2. The van der Waals surface area contributed by atoms with Crippen molar-refractivity contribution in [2.45, 2.75) is 142 Å². The highest BCUT2D eigenvalue weighted by Crippen LogP contribution is 2.43. The fraction of sp³-hybridized carbons (Fsp3) is 0.643. The Morgan fingerprint density at radius 1 is 0.608 bits per heavy atom. The van der Waals surface area contributed by atoms with Gasteiger partial charge in [0.25, 0.3) is 0 Å². The van der Waals surface area contributed by atoms with Crippen LogP contribution in [0, 0.1) is 0 Å². The molecular formula is C42H72NO7P. The van der Waals surface area contributed by atoms with Gasteiger partial charge in [0, 0.05) is 19.6 Å². The molecule has 0 radical (unpaired) electrons. The fourth-order valence-electron chi connectivity index (χ4n) is 4.71. The summed E-state index contributed by atoms with van der Waals surface area (Å²) < 4.78 is 33.2. The van der Waals surface area contributed by atoms with Crippen LogP contribution < -0.4 is 5.73 Å². The summed E-state index contributed by atoms with van der Waals surface area (Å²) >= 11 is 0. The highest BCUT2D eigenvalue weighted by molar-refractivity contribution is 7.47. The van der Waals surface area contributed by atoms with Crippen LogP contribution in [-0.2, 0) is 27.9 Å². The summed E-state index contributed by atoms with van der Waals surface area (Å²) in [5.41, 5.74) is 5.35. The predicted molar refractivity (Wildman–Crippen MR) is 215 cm³/mol. The molecule has 0 rings (SSSR count). The number of carbonyl (C=O) groups is 1. The fourth-order valence-corrected chi connectivity index (χ4v) is 5.48. The summed E-state index contributed by atoms with van der Waals surface area (Å²) in [6, 6.07) is 0. The molecule has 292 valence electrons. The lowest BCUT2D eigenvalue weighted by atomic mass is 10.1. The molecule has 0 bridgehead atoms. The van der Waals surface area contributed by atoms with Crippen LogP contribution in [0.5, 0.6) is 0 Å². The van der Waals surface area contributed by atoms with E-state index in [0.717, 1.165) is 83.5 Å². The second-order valence-corrected chi connectivity index (χ2v) is 13.9. The number of unbranched alkanes of at least 4 members (excludes halogenated alkanes) is 9. The minimum atomic E-state index is -4.29. The van der Waals surface area contributed by atoms with Crippen LogP contribution in [0.2, 0.25) is 0 Å². The Hall–Kier alpha value is -2.32. The van der Waals surface area contributed by atoms with Crippen molar-refractivity contribution in [3.8, 4) is 0 Å². The molecule has 0 saturated carbocycles. The molecule has 0 amide bonds. The third-order valence-corrected chi connectivity index (χ3v) is 8.53. The number of hydrogen-bond donors (Lipinski definition) is 2. The van der Waals surface area contributed by atoms with Gasteiger partial charge in [-0.1, -0.05) is 131 Å². The highest BCUT2D eigenvalue weighted by Gasteiger charge is 2.25. The largest absolute Gasteiger partial charge is 0.472 e. The molecule has 0 aromatic carbocycles. The Morgan fingerprint density at radius 3 is 1.67 bits per heavy atom. The van der Waals surface area contributed by atoms with Crippen LogP contribution in [0.3, 0.4) is 0 Å². The van der Waals surface area contributed by atoms with Crippen molar-refractivity contribution in [1.29, 1.82) is 0 Å². The Kier molecular flexibility index (Phi) is 37.1. The molecular weight excluding hydrogens is 661 g/mol. The van der Waals surface area contributed by atoms with E-state index in [1.807, 2.05) is 0 Å². The zero-order chi connectivity index (χ0) is 37.4. The molecule has 0 aromatic heterocycles. The lowest BCUT2D eigenvalue weighted by molar-refractivity contribution is -0.154. The first-order chi connectivity index (χ1) is 24.9. The third-order valence-electron chi connectivity index (χ3n) is 7.55. The van der Waals surface area contributed by atoms with Gasteiger partial charge >= 0.3 is 13.8 Å². The van der Waals surface area contributed by atoms with Crippen LogP contribution in [0.15, 0.2) is 85.1 Å². The first-order valence-electron chi connectivity index (χ1n) is 19.6. The topological polar surface area (TPSA) is 117 Å². The smallest absolute Gasteiger partial charge is 0.457 e. The third kappa shape index (κ3) is 38.7. The zero-order valence-corrected chi connectivity index (χ0v) is 32.9. The van der Waals surface area contributed by atoms with Crippen molar-refractivity contribution in [1.82, 2.24) is 0 Å². The zero-order valence-electron chi connectivity index (χ0n) is 32.1. The highest BCUT2D eigenvalue weighted by atomic mass is 31.2. The summed E-state index contributed by atoms with van der Waals surface area (Å²) in [5, 5.41) is 0. The minimum absolute atomic E-state index is 0.0678. The first kappa shape index (κ1) is 48.7. The van der Waals surface area contributed by atoms with Crippen LogP contribution >= 0.6 is 7.82 Å². The lowest BCUT2D eigenvalue weighted by Gasteiger charge is -2.20. The van der Waals surface area contributed by atoms with Crippen molar-refractivity contribution >= 4 is 13.8 Å². The van der Waals surface area contributed by atoms with Gasteiger partial charge in [0.15, 0.2) is 0 Å². The van der Waals surface area contributed by atoms with Crippen LogP contribution in [0.1, 0.15) is 136 Å². The minimum Gasteiger partial charge on any atom is -0.457 e. The molecule has 0 fully saturated rings. The Balaban J connectivity index is 4.22. The molecule has 0 heterocycles. The number of allylic oxidation sites excluding steroid dienone is 14. The number of phosphoric acid groups is 1. The second-order valence-electron chi connectivity index (χ2n) is 12.4. The summed E-state index contributed by atoms with van der Waals surface area (Å²) in [6.45, 7) is 4.57. The standard InChI is InChI=1S/C42H72NO7P/c1-3-5-7-9-11-13-15-17-18-19-20-21-22-23-24-26-28-30-32-34-37-47-39-41(40-49-51(45,46)48-38-36-43)50-42(44)35-33-31-29-27-25-16-14-12-10-8-6-4-2/h5,7,11-14,17-18,20-21,23-24,28,30,41H,3-4,6,8-10,15-16,19,22,25-27,29,31-40,43H2,1-2H3,(H,45,46)/b7-5-,13-11-,14-12-,18-17-,21-20-,24-23-,30-28-. The van der Waals surface area contributed by atoms with Crippen molar-refractivity contribution in [2.75, 3.05) is 33.0 Å². The van der Waals surface area contributed by atoms with E-state index in [1.165, 1.54) is 32.1 Å². The van der Waals surface area contributed by atoms with Gasteiger partial charge in [-0.05, 0) is 83.5 Å². The monoisotopic (exact) mass is 734 g/mol. The van der Waals surface area contributed by atoms with Gasteiger partial charge in [0.05, 0.1) is 19.8 Å². The predicted octanol–water partition coefficient (Wildman–Crippen LogP) is 11.4. The molecule has 0 spiro atoms. The van der Waals surface area contributed by atoms with Crippen molar-refractivity contribution < 1.29 is 32.8 Å². The summed E-state index contributed by atoms with van der Waals surface area (Å²) in [5.74, 6) is -0.365. The summed E-state index contributed by atoms with van der Waals surface area (Å²) in [4.78, 5) is 22.4.